The molecule has 0 spiro atoms. The lowest BCUT2D eigenvalue weighted by Gasteiger charge is -2.04. The Hall–Kier alpha value is -2.07. The number of benzene rings is 1. The third-order valence-electron chi connectivity index (χ3n) is 2.75. The van der Waals surface area contributed by atoms with E-state index in [1.165, 1.54) is 0 Å². The van der Waals surface area contributed by atoms with Gasteiger partial charge in [0.2, 0.25) is 5.91 Å². The zero-order valence-electron chi connectivity index (χ0n) is 9.64. The van der Waals surface area contributed by atoms with Gasteiger partial charge in [0.1, 0.15) is 0 Å². The molecule has 0 unspecified atom stereocenters. The molecule has 90 valence electrons. The lowest BCUT2D eigenvalue weighted by molar-refractivity contribution is -0.115. The number of carbonyl (C=O) groups is 1. The normalized spacial score (nSPS) is 10.7. The van der Waals surface area contributed by atoms with E-state index in [0.29, 0.717) is 6.42 Å². The molecule has 0 saturated carbocycles. The van der Waals surface area contributed by atoms with Gasteiger partial charge in [-0.2, -0.15) is 0 Å². The molecule has 2 N–H and O–H groups in total. The van der Waals surface area contributed by atoms with Gasteiger partial charge in [-0.1, -0.05) is 12.1 Å². The molecule has 1 aromatic carbocycles. The van der Waals surface area contributed by atoms with Crippen molar-refractivity contribution in [3.8, 4) is 0 Å². The van der Waals surface area contributed by atoms with E-state index in [-0.39, 0.29) is 5.91 Å². The minimum atomic E-state index is 0.0170. The Labute approximate surface area is 108 Å². The van der Waals surface area contributed by atoms with Gasteiger partial charge in [-0.15, -0.1) is 11.3 Å². The number of hydrogen-bond donors (Lipinski definition) is 2. The van der Waals surface area contributed by atoms with Crippen molar-refractivity contribution in [3.63, 3.8) is 0 Å². The number of rotatable bonds is 3. The van der Waals surface area contributed by atoms with Crippen LogP contribution in [0.5, 0.6) is 0 Å². The molecule has 2 heterocycles. The first-order valence-electron chi connectivity index (χ1n) is 5.71. The van der Waals surface area contributed by atoms with E-state index in [9.17, 15) is 4.79 Å². The molecule has 0 aliphatic carbocycles. The summed E-state index contributed by atoms with van der Waals surface area (Å²) in [5.74, 6) is 0.0170. The molecule has 0 aliphatic rings. The maximum atomic E-state index is 11.8. The Kier molecular flexibility index (Phi) is 2.86. The number of nitrogens with one attached hydrogen (secondary N) is 2. The molecule has 3 aromatic rings. The second-order valence-electron chi connectivity index (χ2n) is 4.08. The number of amides is 1. The average molecular weight is 256 g/mol. The van der Waals surface area contributed by atoms with E-state index >= 15 is 0 Å². The van der Waals surface area contributed by atoms with Crippen LogP contribution in [0.3, 0.4) is 0 Å². The number of carbonyl (C=O) groups excluding carboxylic acids is 1. The lowest BCUT2D eigenvalue weighted by atomic mass is 10.2. The number of aromatic nitrogens is 1. The highest BCUT2D eigenvalue weighted by atomic mass is 32.1. The van der Waals surface area contributed by atoms with Gasteiger partial charge < -0.3 is 10.3 Å². The predicted octanol–water partition coefficient (Wildman–Crippen LogP) is 3.41. The fourth-order valence-electron chi connectivity index (χ4n) is 1.90. The summed E-state index contributed by atoms with van der Waals surface area (Å²) in [6, 6.07) is 11.8. The molecule has 0 fully saturated rings. The molecule has 4 heteroatoms. The first-order chi connectivity index (χ1) is 8.81. The minimum absolute atomic E-state index is 0.0170. The fourth-order valence-corrected chi connectivity index (χ4v) is 2.61. The number of thiophene rings is 1. The Balaban J connectivity index is 1.73. The molecule has 0 bridgehead atoms. The van der Waals surface area contributed by atoms with Crippen LogP contribution in [-0.2, 0) is 11.2 Å². The molecule has 18 heavy (non-hydrogen) atoms. The summed E-state index contributed by atoms with van der Waals surface area (Å²) in [7, 11) is 0. The van der Waals surface area contributed by atoms with Crippen molar-refractivity contribution in [2.24, 2.45) is 0 Å². The summed E-state index contributed by atoms with van der Waals surface area (Å²) in [4.78, 5) is 16.0. The molecule has 3 nitrogen and oxygen atoms in total. The largest absolute Gasteiger partial charge is 0.361 e. The molecular formula is C14H12N2OS. The Morgan fingerprint density at radius 1 is 1.28 bits per heavy atom. The van der Waals surface area contributed by atoms with E-state index in [1.54, 1.807) is 11.3 Å². The quantitative estimate of drug-likeness (QED) is 0.741. The third-order valence-corrected chi connectivity index (χ3v) is 3.63. The molecule has 3 rings (SSSR count). The topological polar surface area (TPSA) is 44.9 Å². The van der Waals surface area contributed by atoms with Crippen LogP contribution in [0.1, 0.15) is 4.88 Å². The summed E-state index contributed by atoms with van der Waals surface area (Å²) < 4.78 is 0. The maximum Gasteiger partial charge on any atom is 0.229 e. The van der Waals surface area contributed by atoms with Crippen molar-refractivity contribution in [1.82, 2.24) is 4.98 Å². The van der Waals surface area contributed by atoms with Crippen LogP contribution in [0, 0.1) is 0 Å². The van der Waals surface area contributed by atoms with Gasteiger partial charge in [0.15, 0.2) is 0 Å². The van der Waals surface area contributed by atoms with Crippen LogP contribution in [0.25, 0.3) is 10.9 Å². The highest BCUT2D eigenvalue weighted by Crippen LogP contribution is 2.18. The van der Waals surface area contributed by atoms with Crippen molar-refractivity contribution < 1.29 is 4.79 Å². The number of H-pyrrole nitrogens is 1. The first kappa shape index (κ1) is 11.0. The molecule has 0 aliphatic heterocycles. The van der Waals surface area contributed by atoms with Gasteiger partial charge in [0.05, 0.1) is 6.42 Å². The van der Waals surface area contributed by atoms with Crippen LogP contribution in [0.4, 0.5) is 5.69 Å². The zero-order valence-corrected chi connectivity index (χ0v) is 10.5. The molecule has 1 amide bonds. The van der Waals surface area contributed by atoms with Crippen LogP contribution < -0.4 is 5.32 Å². The molecule has 0 atom stereocenters. The van der Waals surface area contributed by atoms with Gasteiger partial charge in [0, 0.05) is 22.3 Å². The lowest BCUT2D eigenvalue weighted by Crippen LogP contribution is -2.13. The monoisotopic (exact) mass is 256 g/mol. The van der Waals surface area contributed by atoms with Crippen molar-refractivity contribution in [2.75, 3.05) is 5.32 Å². The number of hydrogen-bond acceptors (Lipinski definition) is 2. The Bertz CT molecular complexity index is 670. The van der Waals surface area contributed by atoms with Gasteiger partial charge >= 0.3 is 0 Å². The summed E-state index contributed by atoms with van der Waals surface area (Å²) in [6.45, 7) is 0. The van der Waals surface area contributed by atoms with Crippen LogP contribution in [0.15, 0.2) is 48.0 Å². The number of aromatic amines is 1. The van der Waals surface area contributed by atoms with Crippen molar-refractivity contribution >= 4 is 33.8 Å². The van der Waals surface area contributed by atoms with E-state index in [0.717, 1.165) is 21.5 Å². The average Bonchev–Trinajstić information content (AvgIpc) is 2.98. The van der Waals surface area contributed by atoms with Crippen molar-refractivity contribution in [2.45, 2.75) is 6.42 Å². The Morgan fingerprint density at radius 2 is 2.22 bits per heavy atom. The van der Waals surface area contributed by atoms with Gasteiger partial charge in [-0.05, 0) is 35.0 Å². The van der Waals surface area contributed by atoms with E-state index in [2.05, 4.69) is 10.3 Å². The zero-order chi connectivity index (χ0) is 12.4. The van der Waals surface area contributed by atoms with Crippen LogP contribution in [-0.4, -0.2) is 10.9 Å². The van der Waals surface area contributed by atoms with Crippen LogP contribution >= 0.6 is 11.3 Å². The predicted molar refractivity (Wildman–Crippen MR) is 75.0 cm³/mol. The van der Waals surface area contributed by atoms with Crippen molar-refractivity contribution in [1.29, 1.82) is 0 Å². The molecule has 2 aromatic heterocycles. The van der Waals surface area contributed by atoms with E-state index in [1.807, 2.05) is 48.0 Å². The van der Waals surface area contributed by atoms with Gasteiger partial charge in [-0.25, -0.2) is 0 Å². The SMILES string of the molecule is O=C(Cc1cccs1)Nc1ccc2cc[nH]c2c1. The molecular weight excluding hydrogens is 244 g/mol. The number of fused-ring (bicyclic) bond motifs is 1. The van der Waals surface area contributed by atoms with Crippen molar-refractivity contribution in [3.05, 3.63) is 52.9 Å². The first-order valence-corrected chi connectivity index (χ1v) is 6.58. The second kappa shape index (κ2) is 4.66. The summed E-state index contributed by atoms with van der Waals surface area (Å²) in [6.07, 6.45) is 2.32. The second-order valence-corrected chi connectivity index (χ2v) is 5.12. The summed E-state index contributed by atoms with van der Waals surface area (Å²) in [5, 5.41) is 6.03. The highest BCUT2D eigenvalue weighted by Gasteiger charge is 2.05. The maximum absolute atomic E-state index is 11.8. The van der Waals surface area contributed by atoms with Gasteiger partial charge in [-0.3, -0.25) is 4.79 Å². The molecule has 0 saturated heterocycles. The van der Waals surface area contributed by atoms with E-state index < -0.39 is 0 Å². The highest BCUT2D eigenvalue weighted by molar-refractivity contribution is 7.10. The summed E-state index contributed by atoms with van der Waals surface area (Å²) in [5.41, 5.74) is 1.86. The fraction of sp³-hybridized carbons (Fsp3) is 0.0714. The third kappa shape index (κ3) is 2.28. The molecule has 0 radical (unpaired) electrons. The smallest absolute Gasteiger partial charge is 0.229 e. The summed E-state index contributed by atoms with van der Waals surface area (Å²) >= 11 is 1.60. The Morgan fingerprint density at radius 3 is 3.06 bits per heavy atom. The van der Waals surface area contributed by atoms with Crippen LogP contribution in [0.2, 0.25) is 0 Å². The number of anilines is 1. The van der Waals surface area contributed by atoms with E-state index in [4.69, 9.17) is 0 Å². The minimum Gasteiger partial charge on any atom is -0.361 e. The van der Waals surface area contributed by atoms with Gasteiger partial charge in [0.25, 0.3) is 0 Å². The standard InChI is InChI=1S/C14H12N2OS/c17-14(9-12-2-1-7-18-12)16-11-4-3-10-5-6-15-13(10)8-11/h1-8,15H,9H2,(H,16,17).